The van der Waals surface area contributed by atoms with Crippen LogP contribution >= 0.6 is 11.8 Å². The van der Waals surface area contributed by atoms with Crippen LogP contribution in [0, 0.1) is 10.1 Å². The molecule has 2 heterocycles. The average Bonchev–Trinajstić information content (AvgIpc) is 3.11. The van der Waals surface area contributed by atoms with Crippen molar-refractivity contribution in [3.8, 4) is 0 Å². The zero-order chi connectivity index (χ0) is 14.8. The number of non-ortho nitro benzene ring substituents is 1. The Morgan fingerprint density at radius 3 is 3.05 bits per heavy atom. The lowest BCUT2D eigenvalue weighted by molar-refractivity contribution is -0.385. The lowest BCUT2D eigenvalue weighted by Gasteiger charge is -2.27. The molecule has 1 aromatic rings. The van der Waals surface area contributed by atoms with Crippen molar-refractivity contribution in [2.75, 3.05) is 18.8 Å². The topological polar surface area (TPSA) is 75.5 Å². The van der Waals surface area contributed by atoms with Crippen LogP contribution < -0.4 is 5.32 Å². The fourth-order valence-electron chi connectivity index (χ4n) is 2.86. The molecule has 2 saturated heterocycles. The highest BCUT2D eigenvalue weighted by atomic mass is 32.2. The van der Waals surface area contributed by atoms with Crippen molar-refractivity contribution in [1.82, 2.24) is 10.2 Å². The molecule has 2 aliphatic heterocycles. The second-order valence-corrected chi connectivity index (χ2v) is 6.72. The molecule has 0 saturated carbocycles. The zero-order valence-corrected chi connectivity index (χ0v) is 12.3. The zero-order valence-electron chi connectivity index (χ0n) is 11.5. The van der Waals surface area contributed by atoms with Gasteiger partial charge in [-0.05, 0) is 24.2 Å². The van der Waals surface area contributed by atoms with Gasteiger partial charge in [0.05, 0.1) is 11.5 Å². The summed E-state index contributed by atoms with van der Waals surface area (Å²) in [7, 11) is 0. The van der Waals surface area contributed by atoms with Crippen LogP contribution in [0.15, 0.2) is 24.3 Å². The third kappa shape index (κ3) is 3.03. The molecule has 1 amide bonds. The number of hydrogen-bond donors (Lipinski definition) is 1. The molecule has 21 heavy (non-hydrogen) atoms. The van der Waals surface area contributed by atoms with Gasteiger partial charge < -0.3 is 4.90 Å². The van der Waals surface area contributed by atoms with Gasteiger partial charge in [-0.3, -0.25) is 20.2 Å². The summed E-state index contributed by atoms with van der Waals surface area (Å²) in [5.74, 6) is 1.22. The van der Waals surface area contributed by atoms with E-state index in [1.165, 1.54) is 12.5 Å². The van der Waals surface area contributed by atoms with E-state index >= 15 is 0 Å². The standard InChI is InChI=1S/C14H17N3O3S/c18-13-8-15-14(16(13)9-12-5-2-6-21-12)10-3-1-4-11(7-10)17(19)20/h1,3-4,7,12,14-15H,2,5-6,8-9H2. The van der Waals surface area contributed by atoms with Gasteiger partial charge in [-0.15, -0.1) is 0 Å². The number of amides is 1. The molecule has 0 aliphatic carbocycles. The summed E-state index contributed by atoms with van der Waals surface area (Å²) in [6.07, 6.45) is 2.08. The number of nitro groups is 1. The monoisotopic (exact) mass is 307 g/mol. The molecule has 1 N–H and O–H groups in total. The average molecular weight is 307 g/mol. The number of carbonyl (C=O) groups excluding carboxylic acids is 1. The minimum absolute atomic E-state index is 0.0591. The molecule has 6 nitrogen and oxygen atoms in total. The molecule has 0 spiro atoms. The van der Waals surface area contributed by atoms with Crippen LogP contribution in [0.3, 0.4) is 0 Å². The fourth-order valence-corrected chi connectivity index (χ4v) is 4.13. The molecule has 2 aliphatic rings. The third-order valence-corrected chi connectivity index (χ3v) is 5.28. The van der Waals surface area contributed by atoms with E-state index in [0.717, 1.165) is 17.7 Å². The molecule has 7 heteroatoms. The Bertz CT molecular complexity index is 560. The number of hydrogen-bond acceptors (Lipinski definition) is 5. The van der Waals surface area contributed by atoms with E-state index < -0.39 is 4.92 Å². The van der Waals surface area contributed by atoms with E-state index in [-0.39, 0.29) is 17.8 Å². The van der Waals surface area contributed by atoms with E-state index in [9.17, 15) is 14.9 Å². The number of nitro benzene ring substituents is 1. The minimum Gasteiger partial charge on any atom is -0.321 e. The highest BCUT2D eigenvalue weighted by Gasteiger charge is 2.34. The predicted molar refractivity (Wildman–Crippen MR) is 81.0 cm³/mol. The highest BCUT2D eigenvalue weighted by molar-refractivity contribution is 8.00. The normalized spacial score (nSPS) is 25.5. The van der Waals surface area contributed by atoms with E-state index in [2.05, 4.69) is 5.32 Å². The predicted octanol–water partition coefficient (Wildman–Crippen LogP) is 1.92. The summed E-state index contributed by atoms with van der Waals surface area (Å²) in [4.78, 5) is 24.4. The molecule has 2 unspecified atom stereocenters. The lowest BCUT2D eigenvalue weighted by atomic mass is 10.1. The number of rotatable bonds is 4. The van der Waals surface area contributed by atoms with Crippen LogP contribution in [-0.2, 0) is 4.79 Å². The van der Waals surface area contributed by atoms with Crippen molar-refractivity contribution in [3.05, 3.63) is 39.9 Å². The Labute approximate surface area is 127 Å². The van der Waals surface area contributed by atoms with E-state index in [1.807, 2.05) is 22.7 Å². The van der Waals surface area contributed by atoms with Crippen LogP contribution in [0.25, 0.3) is 0 Å². The summed E-state index contributed by atoms with van der Waals surface area (Å²) >= 11 is 1.91. The van der Waals surface area contributed by atoms with Crippen molar-refractivity contribution >= 4 is 23.4 Å². The summed E-state index contributed by atoms with van der Waals surface area (Å²) in [6.45, 7) is 1.01. The quantitative estimate of drug-likeness (QED) is 0.679. The number of nitrogens with zero attached hydrogens (tertiary/aromatic N) is 2. The molecule has 0 radical (unpaired) electrons. The first-order chi connectivity index (χ1) is 10.1. The van der Waals surface area contributed by atoms with Gasteiger partial charge in [0.25, 0.3) is 5.69 Å². The first kappa shape index (κ1) is 14.3. The number of nitrogens with one attached hydrogen (secondary N) is 1. The van der Waals surface area contributed by atoms with Gasteiger partial charge in [0.15, 0.2) is 0 Å². The van der Waals surface area contributed by atoms with Crippen molar-refractivity contribution in [2.24, 2.45) is 0 Å². The van der Waals surface area contributed by atoms with Gasteiger partial charge in [-0.1, -0.05) is 12.1 Å². The molecule has 112 valence electrons. The van der Waals surface area contributed by atoms with Gasteiger partial charge in [-0.25, -0.2) is 0 Å². The van der Waals surface area contributed by atoms with Crippen molar-refractivity contribution < 1.29 is 9.72 Å². The van der Waals surface area contributed by atoms with Gasteiger partial charge in [-0.2, -0.15) is 11.8 Å². The Morgan fingerprint density at radius 1 is 1.48 bits per heavy atom. The fraction of sp³-hybridized carbons (Fsp3) is 0.500. The summed E-state index contributed by atoms with van der Waals surface area (Å²) in [6, 6.07) is 6.51. The summed E-state index contributed by atoms with van der Waals surface area (Å²) in [5, 5.41) is 14.5. The smallest absolute Gasteiger partial charge is 0.269 e. The van der Waals surface area contributed by atoms with Crippen molar-refractivity contribution in [2.45, 2.75) is 24.3 Å². The van der Waals surface area contributed by atoms with Crippen LogP contribution in [0.1, 0.15) is 24.6 Å². The van der Waals surface area contributed by atoms with Crippen LogP contribution in [0.5, 0.6) is 0 Å². The summed E-state index contributed by atoms with van der Waals surface area (Å²) in [5.41, 5.74) is 0.835. The van der Waals surface area contributed by atoms with Crippen LogP contribution in [0.4, 0.5) is 5.69 Å². The highest BCUT2D eigenvalue weighted by Crippen LogP contribution is 2.31. The molecule has 3 rings (SSSR count). The Balaban J connectivity index is 1.80. The molecular weight excluding hydrogens is 290 g/mol. The van der Waals surface area contributed by atoms with Gasteiger partial charge in [0.2, 0.25) is 5.91 Å². The van der Waals surface area contributed by atoms with Crippen LogP contribution in [-0.4, -0.2) is 39.8 Å². The van der Waals surface area contributed by atoms with Gasteiger partial charge in [0, 0.05) is 23.9 Å². The molecule has 2 atom stereocenters. The van der Waals surface area contributed by atoms with E-state index in [1.54, 1.807) is 12.1 Å². The number of benzene rings is 1. The van der Waals surface area contributed by atoms with E-state index in [4.69, 9.17) is 0 Å². The Kier molecular flexibility index (Phi) is 4.12. The molecule has 0 bridgehead atoms. The van der Waals surface area contributed by atoms with Gasteiger partial charge in [0.1, 0.15) is 6.17 Å². The maximum atomic E-state index is 12.1. The molecule has 1 aromatic carbocycles. The molecule has 0 aromatic heterocycles. The number of thioether (sulfide) groups is 1. The second kappa shape index (κ2) is 6.03. The first-order valence-corrected chi connectivity index (χ1v) is 8.09. The van der Waals surface area contributed by atoms with Crippen LogP contribution in [0.2, 0.25) is 0 Å². The number of carbonyl (C=O) groups is 1. The third-order valence-electron chi connectivity index (χ3n) is 3.90. The maximum Gasteiger partial charge on any atom is 0.269 e. The van der Waals surface area contributed by atoms with Crippen molar-refractivity contribution in [3.63, 3.8) is 0 Å². The van der Waals surface area contributed by atoms with Crippen molar-refractivity contribution in [1.29, 1.82) is 0 Å². The SMILES string of the molecule is O=C1CNC(c2cccc([N+](=O)[O-])c2)N1CC1CCCS1. The van der Waals surface area contributed by atoms with E-state index in [0.29, 0.717) is 18.3 Å². The molecule has 2 fully saturated rings. The lowest BCUT2D eigenvalue weighted by Crippen LogP contribution is -2.35. The maximum absolute atomic E-state index is 12.1. The first-order valence-electron chi connectivity index (χ1n) is 7.04. The Hall–Kier alpha value is -1.60. The van der Waals surface area contributed by atoms with Gasteiger partial charge >= 0.3 is 0 Å². The molecular formula is C14H17N3O3S. The minimum atomic E-state index is -0.405. The largest absolute Gasteiger partial charge is 0.321 e. The second-order valence-electron chi connectivity index (χ2n) is 5.32. The Morgan fingerprint density at radius 2 is 2.33 bits per heavy atom. The summed E-state index contributed by atoms with van der Waals surface area (Å²) < 4.78 is 0.